The Morgan fingerprint density at radius 1 is 1.43 bits per heavy atom. The predicted molar refractivity (Wildman–Crippen MR) is 73.6 cm³/mol. The second-order valence-corrected chi connectivity index (χ2v) is 4.55. The molecule has 0 heterocycles. The molecule has 1 aromatic carbocycles. The van der Waals surface area contributed by atoms with Crippen molar-refractivity contribution in [2.75, 3.05) is 0 Å². The zero-order valence-corrected chi connectivity index (χ0v) is 11.8. The first-order valence-electron chi connectivity index (χ1n) is 3.59. The Morgan fingerprint density at radius 3 is 2.57 bits per heavy atom. The molecule has 0 unspecified atom stereocenters. The summed E-state index contributed by atoms with van der Waals surface area (Å²) in [5.41, 5.74) is 11.6. The largest absolute Gasteiger partial charge is 0.370 e. The van der Waals surface area contributed by atoms with Crippen LogP contribution in [0.5, 0.6) is 0 Å². The highest BCUT2D eigenvalue weighted by atomic mass is 127. The quantitative estimate of drug-likeness (QED) is 0.462. The molecule has 0 bridgehead atoms. The standard InChI is InChI=1S/C8H9BrIN3.ClH/c9-6-2-1-5(7(10)3-6)4-13-8(11)12;/h1-3H,4H2,(H4,11,12,13);1H. The van der Waals surface area contributed by atoms with Crippen LogP contribution in [-0.4, -0.2) is 5.96 Å². The molecule has 0 saturated heterocycles. The summed E-state index contributed by atoms with van der Waals surface area (Å²) in [6.07, 6.45) is 0. The smallest absolute Gasteiger partial charge is 0.186 e. The second kappa shape index (κ2) is 6.47. The molecule has 0 spiro atoms. The van der Waals surface area contributed by atoms with Crippen LogP contribution in [0.2, 0.25) is 0 Å². The molecule has 0 amide bonds. The summed E-state index contributed by atoms with van der Waals surface area (Å²) in [6, 6.07) is 6.00. The lowest BCUT2D eigenvalue weighted by molar-refractivity contribution is 1.04. The number of aliphatic imine (C=N–C) groups is 1. The average molecular weight is 390 g/mol. The maximum Gasteiger partial charge on any atom is 0.186 e. The van der Waals surface area contributed by atoms with Gasteiger partial charge in [0.1, 0.15) is 0 Å². The van der Waals surface area contributed by atoms with E-state index in [1.807, 2.05) is 18.2 Å². The molecule has 0 aliphatic heterocycles. The highest BCUT2D eigenvalue weighted by molar-refractivity contribution is 14.1. The minimum atomic E-state index is 0. The van der Waals surface area contributed by atoms with E-state index in [-0.39, 0.29) is 18.4 Å². The van der Waals surface area contributed by atoms with E-state index in [2.05, 4.69) is 43.5 Å². The fraction of sp³-hybridized carbons (Fsp3) is 0.125. The molecule has 4 N–H and O–H groups in total. The molecule has 1 rings (SSSR count). The fourth-order valence-corrected chi connectivity index (χ4v) is 2.30. The van der Waals surface area contributed by atoms with Crippen LogP contribution in [0.1, 0.15) is 5.56 Å². The summed E-state index contributed by atoms with van der Waals surface area (Å²) in [6.45, 7) is 0.536. The van der Waals surface area contributed by atoms with Crippen LogP contribution in [0.25, 0.3) is 0 Å². The van der Waals surface area contributed by atoms with Gasteiger partial charge in [-0.15, -0.1) is 12.4 Å². The highest BCUT2D eigenvalue weighted by Gasteiger charge is 1.98. The number of nitrogens with two attached hydrogens (primary N) is 2. The number of guanidine groups is 1. The Kier molecular flexibility index (Phi) is 6.46. The minimum absolute atomic E-state index is 0. The summed E-state index contributed by atoms with van der Waals surface area (Å²) in [4.78, 5) is 3.94. The second-order valence-electron chi connectivity index (χ2n) is 2.48. The Balaban J connectivity index is 0.00000169. The van der Waals surface area contributed by atoms with Crippen molar-refractivity contribution in [2.45, 2.75) is 6.54 Å². The number of hydrogen-bond acceptors (Lipinski definition) is 1. The van der Waals surface area contributed by atoms with Crippen molar-refractivity contribution in [1.82, 2.24) is 0 Å². The van der Waals surface area contributed by atoms with Crippen molar-refractivity contribution in [3.63, 3.8) is 0 Å². The monoisotopic (exact) mass is 389 g/mol. The average Bonchev–Trinajstić information content (AvgIpc) is 2.02. The van der Waals surface area contributed by atoms with E-state index in [0.717, 1.165) is 13.6 Å². The lowest BCUT2D eigenvalue weighted by Crippen LogP contribution is -2.22. The lowest BCUT2D eigenvalue weighted by atomic mass is 10.2. The van der Waals surface area contributed by atoms with Crippen LogP contribution < -0.4 is 11.5 Å². The molecule has 0 atom stereocenters. The van der Waals surface area contributed by atoms with Gasteiger partial charge in [-0.1, -0.05) is 22.0 Å². The molecule has 1 aromatic rings. The Labute approximate surface area is 111 Å². The molecular weight excluding hydrogens is 380 g/mol. The molecule has 6 heteroatoms. The van der Waals surface area contributed by atoms with E-state index in [1.165, 1.54) is 0 Å². The van der Waals surface area contributed by atoms with E-state index >= 15 is 0 Å². The SMILES string of the molecule is Cl.NC(N)=NCc1ccc(Br)cc1I. The van der Waals surface area contributed by atoms with Crippen molar-refractivity contribution in [3.8, 4) is 0 Å². The van der Waals surface area contributed by atoms with Gasteiger partial charge >= 0.3 is 0 Å². The van der Waals surface area contributed by atoms with E-state index in [4.69, 9.17) is 11.5 Å². The zero-order chi connectivity index (χ0) is 9.84. The third-order valence-electron chi connectivity index (χ3n) is 1.45. The zero-order valence-electron chi connectivity index (χ0n) is 7.21. The highest BCUT2D eigenvalue weighted by Crippen LogP contribution is 2.18. The number of benzene rings is 1. The Bertz CT molecular complexity index is 339. The van der Waals surface area contributed by atoms with Crippen LogP contribution in [0.4, 0.5) is 0 Å². The van der Waals surface area contributed by atoms with Crippen molar-refractivity contribution in [3.05, 3.63) is 31.8 Å². The van der Waals surface area contributed by atoms with Gasteiger partial charge in [0.15, 0.2) is 5.96 Å². The molecule has 0 aliphatic rings. The number of nitrogens with zero attached hydrogens (tertiary/aromatic N) is 1. The molecule has 0 fully saturated rings. The topological polar surface area (TPSA) is 64.4 Å². The van der Waals surface area contributed by atoms with Crippen LogP contribution in [0.15, 0.2) is 27.7 Å². The predicted octanol–water partition coefficient (Wildman–Crippen LogP) is 2.25. The van der Waals surface area contributed by atoms with Gasteiger partial charge in [-0.3, -0.25) is 0 Å². The first-order chi connectivity index (χ1) is 6.09. The maximum absolute atomic E-state index is 5.24. The normalized spacial score (nSPS) is 9.00. The minimum Gasteiger partial charge on any atom is -0.370 e. The summed E-state index contributed by atoms with van der Waals surface area (Å²) in [5, 5.41) is 0. The van der Waals surface area contributed by atoms with E-state index in [0.29, 0.717) is 6.54 Å². The number of halogens is 3. The van der Waals surface area contributed by atoms with Crippen LogP contribution in [-0.2, 0) is 6.54 Å². The fourth-order valence-electron chi connectivity index (χ4n) is 0.826. The first-order valence-corrected chi connectivity index (χ1v) is 5.46. The lowest BCUT2D eigenvalue weighted by Gasteiger charge is -2.01. The van der Waals surface area contributed by atoms with Gasteiger partial charge in [0, 0.05) is 8.04 Å². The molecule has 0 radical (unpaired) electrons. The van der Waals surface area contributed by atoms with Crippen LogP contribution in [0.3, 0.4) is 0 Å². The van der Waals surface area contributed by atoms with Gasteiger partial charge in [0.2, 0.25) is 0 Å². The molecule has 3 nitrogen and oxygen atoms in total. The summed E-state index contributed by atoms with van der Waals surface area (Å²) in [7, 11) is 0. The van der Waals surface area contributed by atoms with Gasteiger partial charge in [-0.05, 0) is 40.3 Å². The summed E-state index contributed by atoms with van der Waals surface area (Å²) >= 11 is 5.64. The van der Waals surface area contributed by atoms with Crippen molar-refractivity contribution >= 4 is 56.9 Å². The molecule has 0 aliphatic carbocycles. The van der Waals surface area contributed by atoms with Crippen molar-refractivity contribution < 1.29 is 0 Å². The Morgan fingerprint density at radius 2 is 2.07 bits per heavy atom. The summed E-state index contributed by atoms with van der Waals surface area (Å²) < 4.78 is 2.21. The van der Waals surface area contributed by atoms with E-state index < -0.39 is 0 Å². The first kappa shape index (κ1) is 14.0. The number of rotatable bonds is 2. The van der Waals surface area contributed by atoms with E-state index in [1.54, 1.807) is 0 Å². The molecule has 0 aromatic heterocycles. The number of hydrogen-bond donors (Lipinski definition) is 2. The molecular formula is C8H10BrClIN3. The van der Waals surface area contributed by atoms with E-state index in [9.17, 15) is 0 Å². The molecule has 14 heavy (non-hydrogen) atoms. The molecule has 78 valence electrons. The van der Waals surface area contributed by atoms with Gasteiger partial charge in [0.25, 0.3) is 0 Å². The maximum atomic E-state index is 5.24. The van der Waals surface area contributed by atoms with Gasteiger partial charge < -0.3 is 11.5 Å². The molecule has 0 saturated carbocycles. The van der Waals surface area contributed by atoms with Gasteiger partial charge in [0.05, 0.1) is 6.54 Å². The van der Waals surface area contributed by atoms with Crippen molar-refractivity contribution in [2.24, 2.45) is 16.5 Å². The third-order valence-corrected chi connectivity index (χ3v) is 2.94. The van der Waals surface area contributed by atoms with Gasteiger partial charge in [-0.2, -0.15) is 0 Å². The summed E-state index contributed by atoms with van der Waals surface area (Å²) in [5.74, 6) is 0.124. The van der Waals surface area contributed by atoms with Gasteiger partial charge in [-0.25, -0.2) is 4.99 Å². The van der Waals surface area contributed by atoms with Crippen molar-refractivity contribution in [1.29, 1.82) is 0 Å². The van der Waals surface area contributed by atoms with Crippen LogP contribution >= 0.6 is 50.9 Å². The Hall–Kier alpha value is -0.0100. The van der Waals surface area contributed by atoms with Crippen LogP contribution in [0, 0.1) is 3.57 Å². The third kappa shape index (κ3) is 4.47.